The molecule has 0 bridgehead atoms. The topological polar surface area (TPSA) is 66.1 Å². The van der Waals surface area contributed by atoms with E-state index >= 15 is 0 Å². The summed E-state index contributed by atoms with van der Waals surface area (Å²) in [5.41, 5.74) is 0.863. The monoisotopic (exact) mass is 339 g/mol. The molecule has 0 saturated carbocycles. The number of aromatic amines is 1. The number of nitrogens with one attached hydrogen (secondary N) is 1. The van der Waals surface area contributed by atoms with Gasteiger partial charge >= 0.3 is 0 Å². The third-order valence-electron chi connectivity index (χ3n) is 3.62. The van der Waals surface area contributed by atoms with Crippen LogP contribution in [0.25, 0.3) is 10.2 Å². The Bertz CT molecular complexity index is 736. The number of amides is 1. The SMILES string of the molecule is CCCCN(C)C(=O)CSc1nc2sc(C)c(C)c2c(=O)[nH]1. The first kappa shape index (κ1) is 17.0. The molecule has 2 aromatic rings. The average molecular weight is 339 g/mol. The van der Waals surface area contributed by atoms with Crippen LogP contribution in [0.2, 0.25) is 0 Å². The Morgan fingerprint density at radius 3 is 2.82 bits per heavy atom. The van der Waals surface area contributed by atoms with Crippen molar-refractivity contribution in [3.8, 4) is 0 Å². The summed E-state index contributed by atoms with van der Waals surface area (Å²) in [6.07, 6.45) is 2.06. The lowest BCUT2D eigenvalue weighted by Crippen LogP contribution is -2.29. The standard InChI is InChI=1S/C15H21N3O2S2/c1-5-6-7-18(4)11(19)8-21-15-16-13(20)12-9(2)10(3)22-14(12)17-15/h5-8H2,1-4H3,(H,16,17,20). The van der Waals surface area contributed by atoms with Crippen LogP contribution in [0.4, 0.5) is 0 Å². The average Bonchev–Trinajstić information content (AvgIpc) is 2.77. The molecule has 0 aliphatic carbocycles. The largest absolute Gasteiger partial charge is 0.345 e. The maximum Gasteiger partial charge on any atom is 0.260 e. The van der Waals surface area contributed by atoms with Gasteiger partial charge in [-0.2, -0.15) is 0 Å². The van der Waals surface area contributed by atoms with Crippen LogP contribution in [0, 0.1) is 13.8 Å². The van der Waals surface area contributed by atoms with Crippen LogP contribution in [0.1, 0.15) is 30.2 Å². The number of hydrogen-bond acceptors (Lipinski definition) is 5. The van der Waals surface area contributed by atoms with Crippen molar-refractivity contribution in [3.63, 3.8) is 0 Å². The number of unbranched alkanes of at least 4 members (excludes halogenated alkanes) is 1. The Balaban J connectivity index is 2.09. The number of aryl methyl sites for hydroxylation is 2. The predicted molar refractivity (Wildman–Crippen MR) is 93.0 cm³/mol. The normalized spacial score (nSPS) is 11.1. The van der Waals surface area contributed by atoms with Crippen molar-refractivity contribution < 1.29 is 4.79 Å². The van der Waals surface area contributed by atoms with Crippen LogP contribution < -0.4 is 5.56 Å². The lowest BCUT2D eigenvalue weighted by Gasteiger charge is -2.16. The number of rotatable bonds is 6. The van der Waals surface area contributed by atoms with E-state index in [9.17, 15) is 9.59 Å². The number of hydrogen-bond donors (Lipinski definition) is 1. The number of carbonyl (C=O) groups is 1. The molecule has 0 atom stereocenters. The summed E-state index contributed by atoms with van der Waals surface area (Å²) >= 11 is 2.80. The summed E-state index contributed by atoms with van der Waals surface area (Å²) in [5, 5.41) is 1.18. The van der Waals surface area contributed by atoms with Gasteiger partial charge in [0, 0.05) is 18.5 Å². The number of carbonyl (C=O) groups excluding carboxylic acids is 1. The van der Waals surface area contributed by atoms with Crippen LogP contribution in [-0.4, -0.2) is 40.1 Å². The lowest BCUT2D eigenvalue weighted by molar-refractivity contribution is -0.127. The molecule has 1 N–H and O–H groups in total. The molecule has 0 aliphatic rings. The van der Waals surface area contributed by atoms with E-state index in [1.165, 1.54) is 23.1 Å². The molecular weight excluding hydrogens is 318 g/mol. The highest BCUT2D eigenvalue weighted by molar-refractivity contribution is 7.99. The third-order valence-corrected chi connectivity index (χ3v) is 5.58. The van der Waals surface area contributed by atoms with Gasteiger partial charge in [0.25, 0.3) is 5.56 Å². The first-order chi connectivity index (χ1) is 10.4. The summed E-state index contributed by atoms with van der Waals surface area (Å²) in [5.74, 6) is 0.345. The van der Waals surface area contributed by atoms with Gasteiger partial charge in [0.1, 0.15) is 4.83 Å². The summed E-state index contributed by atoms with van der Waals surface area (Å²) in [6.45, 7) is 6.79. The fourth-order valence-corrected chi connectivity index (χ4v) is 3.95. The molecule has 2 rings (SSSR count). The molecule has 0 aliphatic heterocycles. The van der Waals surface area contributed by atoms with Gasteiger partial charge in [-0.15, -0.1) is 11.3 Å². The first-order valence-electron chi connectivity index (χ1n) is 7.30. The minimum atomic E-state index is -0.124. The Morgan fingerprint density at radius 1 is 1.41 bits per heavy atom. The zero-order chi connectivity index (χ0) is 16.3. The molecule has 0 saturated heterocycles. The molecule has 0 radical (unpaired) electrons. The second kappa shape index (κ2) is 7.28. The van der Waals surface area contributed by atoms with Crippen molar-refractivity contribution in [1.82, 2.24) is 14.9 Å². The van der Waals surface area contributed by atoms with Gasteiger partial charge in [-0.05, 0) is 25.8 Å². The van der Waals surface area contributed by atoms with Crippen molar-refractivity contribution in [2.24, 2.45) is 0 Å². The molecule has 7 heteroatoms. The van der Waals surface area contributed by atoms with Crippen LogP contribution in [0.15, 0.2) is 9.95 Å². The quantitative estimate of drug-likeness (QED) is 0.649. The highest BCUT2D eigenvalue weighted by Gasteiger charge is 2.14. The van der Waals surface area contributed by atoms with Crippen LogP contribution in [-0.2, 0) is 4.79 Å². The molecule has 2 heterocycles. The smallest absolute Gasteiger partial charge is 0.260 e. The van der Waals surface area contributed by atoms with Crippen LogP contribution >= 0.6 is 23.1 Å². The van der Waals surface area contributed by atoms with Crippen molar-refractivity contribution in [3.05, 3.63) is 20.8 Å². The zero-order valence-electron chi connectivity index (χ0n) is 13.4. The van der Waals surface area contributed by atoms with E-state index < -0.39 is 0 Å². The molecule has 22 heavy (non-hydrogen) atoms. The Labute approximate surface area is 138 Å². The van der Waals surface area contributed by atoms with E-state index in [4.69, 9.17) is 0 Å². The Kier molecular flexibility index (Phi) is 5.63. The molecule has 1 amide bonds. The number of fused-ring (bicyclic) bond motifs is 1. The van der Waals surface area contributed by atoms with Crippen molar-refractivity contribution in [2.75, 3.05) is 19.3 Å². The van der Waals surface area contributed by atoms with Crippen LogP contribution in [0.5, 0.6) is 0 Å². The molecule has 0 fully saturated rings. The number of aromatic nitrogens is 2. The second-order valence-corrected chi connectivity index (χ2v) is 7.46. The first-order valence-corrected chi connectivity index (χ1v) is 9.11. The Hall–Kier alpha value is -1.34. The maximum absolute atomic E-state index is 12.2. The summed E-state index contributed by atoms with van der Waals surface area (Å²) in [6, 6.07) is 0. The molecule has 0 unspecified atom stereocenters. The van der Waals surface area contributed by atoms with Crippen LogP contribution in [0.3, 0.4) is 0 Å². The van der Waals surface area contributed by atoms with Gasteiger partial charge in [0.15, 0.2) is 5.16 Å². The second-order valence-electron chi connectivity index (χ2n) is 5.29. The van der Waals surface area contributed by atoms with E-state index in [0.717, 1.165) is 34.7 Å². The van der Waals surface area contributed by atoms with E-state index in [0.29, 0.717) is 10.5 Å². The fraction of sp³-hybridized carbons (Fsp3) is 0.533. The maximum atomic E-state index is 12.2. The molecule has 120 valence electrons. The number of thiophene rings is 1. The molecule has 2 aromatic heterocycles. The van der Waals surface area contributed by atoms with Crippen molar-refractivity contribution >= 4 is 39.2 Å². The van der Waals surface area contributed by atoms with Crippen molar-refractivity contribution in [2.45, 2.75) is 38.8 Å². The summed E-state index contributed by atoms with van der Waals surface area (Å²) in [7, 11) is 1.81. The number of thioether (sulfide) groups is 1. The van der Waals surface area contributed by atoms with E-state index in [2.05, 4.69) is 16.9 Å². The minimum Gasteiger partial charge on any atom is -0.345 e. The molecule has 5 nitrogen and oxygen atoms in total. The van der Waals surface area contributed by atoms with Gasteiger partial charge in [-0.1, -0.05) is 25.1 Å². The lowest BCUT2D eigenvalue weighted by atomic mass is 10.2. The van der Waals surface area contributed by atoms with Gasteiger partial charge < -0.3 is 9.88 Å². The van der Waals surface area contributed by atoms with Crippen molar-refractivity contribution in [1.29, 1.82) is 0 Å². The predicted octanol–water partition coefficient (Wildman–Crippen LogP) is 2.95. The van der Waals surface area contributed by atoms with E-state index in [-0.39, 0.29) is 17.2 Å². The number of H-pyrrole nitrogens is 1. The highest BCUT2D eigenvalue weighted by atomic mass is 32.2. The molecular formula is C15H21N3O2S2. The third kappa shape index (κ3) is 3.70. The summed E-state index contributed by atoms with van der Waals surface area (Å²) < 4.78 is 0. The Morgan fingerprint density at radius 2 is 2.14 bits per heavy atom. The van der Waals surface area contributed by atoms with E-state index in [1.807, 2.05) is 20.9 Å². The van der Waals surface area contributed by atoms with Gasteiger partial charge in [0.2, 0.25) is 5.91 Å². The van der Waals surface area contributed by atoms with Gasteiger partial charge in [-0.3, -0.25) is 9.59 Å². The van der Waals surface area contributed by atoms with Gasteiger partial charge in [-0.25, -0.2) is 4.98 Å². The van der Waals surface area contributed by atoms with E-state index in [1.54, 1.807) is 4.90 Å². The van der Waals surface area contributed by atoms with Gasteiger partial charge in [0.05, 0.1) is 11.1 Å². The molecule has 0 aromatic carbocycles. The number of nitrogens with zero attached hydrogens (tertiary/aromatic N) is 2. The molecule has 0 spiro atoms. The minimum absolute atomic E-state index is 0.0553. The highest BCUT2D eigenvalue weighted by Crippen LogP contribution is 2.27. The summed E-state index contributed by atoms with van der Waals surface area (Å²) in [4.78, 5) is 35.0. The zero-order valence-corrected chi connectivity index (χ0v) is 15.0. The fourth-order valence-electron chi connectivity index (χ4n) is 2.06.